The van der Waals surface area contributed by atoms with E-state index in [2.05, 4.69) is 5.32 Å². The van der Waals surface area contributed by atoms with Crippen LogP contribution in [0.25, 0.3) is 0 Å². The molecule has 1 aromatic heterocycles. The number of furan rings is 1. The van der Waals surface area contributed by atoms with Gasteiger partial charge in [-0.05, 0) is 37.3 Å². The van der Waals surface area contributed by atoms with Crippen molar-refractivity contribution in [3.05, 3.63) is 23.7 Å². The number of aryl methyl sites for hydroxylation is 1. The molecule has 1 aromatic rings. The molecule has 2 N–H and O–H groups in total. The molecule has 1 aliphatic carbocycles. The molecule has 2 rings (SSSR count). The summed E-state index contributed by atoms with van der Waals surface area (Å²) in [6.45, 7) is 2.67. The van der Waals surface area contributed by atoms with Crippen LogP contribution in [-0.2, 0) is 11.3 Å². The van der Waals surface area contributed by atoms with Gasteiger partial charge in [0.15, 0.2) is 0 Å². The van der Waals surface area contributed by atoms with Gasteiger partial charge in [-0.25, -0.2) is 4.79 Å². The third kappa shape index (κ3) is 4.00. The topological polar surface area (TPSA) is 82.8 Å². The van der Waals surface area contributed by atoms with E-state index in [0.717, 1.165) is 30.8 Å². The van der Waals surface area contributed by atoms with E-state index >= 15 is 0 Å². The van der Waals surface area contributed by atoms with Crippen molar-refractivity contribution in [3.63, 3.8) is 0 Å². The van der Waals surface area contributed by atoms with Gasteiger partial charge in [0, 0.05) is 13.6 Å². The van der Waals surface area contributed by atoms with Crippen LogP contribution in [0.15, 0.2) is 16.5 Å². The maximum Gasteiger partial charge on any atom is 0.317 e. The molecule has 0 aromatic carbocycles. The number of carbonyl (C=O) groups excluding carboxylic acids is 1. The van der Waals surface area contributed by atoms with E-state index in [1.54, 1.807) is 7.05 Å². The van der Waals surface area contributed by atoms with Gasteiger partial charge in [-0.15, -0.1) is 0 Å². The van der Waals surface area contributed by atoms with Crippen molar-refractivity contribution in [3.8, 4) is 0 Å². The average molecular weight is 294 g/mol. The Morgan fingerprint density at radius 3 is 2.62 bits per heavy atom. The highest BCUT2D eigenvalue weighted by Crippen LogP contribution is 2.43. The van der Waals surface area contributed by atoms with Gasteiger partial charge in [0.05, 0.1) is 13.0 Å². The number of amides is 2. The number of rotatable bonds is 6. The number of nitrogens with zero attached hydrogens (tertiary/aromatic N) is 1. The Labute approximate surface area is 124 Å². The third-order valence-electron chi connectivity index (χ3n) is 4.09. The lowest BCUT2D eigenvalue weighted by atomic mass is 9.66. The van der Waals surface area contributed by atoms with Crippen molar-refractivity contribution in [1.82, 2.24) is 10.2 Å². The number of hydrogen-bond acceptors (Lipinski definition) is 3. The first-order valence-electron chi connectivity index (χ1n) is 7.16. The van der Waals surface area contributed by atoms with Gasteiger partial charge in [-0.1, -0.05) is 6.42 Å². The van der Waals surface area contributed by atoms with Gasteiger partial charge in [-0.3, -0.25) is 4.79 Å². The Balaban J connectivity index is 1.82. The van der Waals surface area contributed by atoms with E-state index in [9.17, 15) is 9.59 Å². The van der Waals surface area contributed by atoms with Gasteiger partial charge in [0.1, 0.15) is 11.5 Å². The predicted molar refractivity (Wildman–Crippen MR) is 76.8 cm³/mol. The number of urea groups is 1. The maximum atomic E-state index is 12.1. The summed E-state index contributed by atoms with van der Waals surface area (Å²) in [7, 11) is 1.69. The SMILES string of the molecule is Cc1ccc(CN(C)C(=O)NCC2(CC(=O)O)CCC2)o1. The second kappa shape index (κ2) is 6.20. The Bertz CT molecular complexity index is 519. The van der Waals surface area contributed by atoms with E-state index in [1.807, 2.05) is 19.1 Å². The second-order valence-corrected chi connectivity index (χ2v) is 5.95. The summed E-state index contributed by atoms with van der Waals surface area (Å²) in [5.41, 5.74) is -0.260. The van der Waals surface area contributed by atoms with Crippen LogP contribution < -0.4 is 5.32 Å². The lowest BCUT2D eigenvalue weighted by molar-refractivity contribution is -0.141. The van der Waals surface area contributed by atoms with Crippen LogP contribution in [0.3, 0.4) is 0 Å². The number of nitrogens with one attached hydrogen (secondary N) is 1. The van der Waals surface area contributed by atoms with Crippen molar-refractivity contribution < 1.29 is 19.1 Å². The summed E-state index contributed by atoms with van der Waals surface area (Å²) in [4.78, 5) is 24.5. The Kier molecular flexibility index (Phi) is 4.55. The fraction of sp³-hybridized carbons (Fsp3) is 0.600. The van der Waals surface area contributed by atoms with E-state index in [-0.39, 0.29) is 17.9 Å². The molecule has 0 aliphatic heterocycles. The number of aliphatic carboxylic acids is 1. The standard InChI is InChI=1S/C15H22N2O4/c1-11-4-5-12(21-11)9-17(2)14(20)16-10-15(6-3-7-15)8-13(18)19/h4-5H,3,6-10H2,1-2H3,(H,16,20)(H,18,19). The van der Waals surface area contributed by atoms with Crippen molar-refractivity contribution in [2.24, 2.45) is 5.41 Å². The van der Waals surface area contributed by atoms with Crippen LogP contribution in [0.5, 0.6) is 0 Å². The summed E-state index contributed by atoms with van der Waals surface area (Å²) in [6.07, 6.45) is 2.88. The zero-order valence-electron chi connectivity index (χ0n) is 12.5. The highest BCUT2D eigenvalue weighted by Gasteiger charge is 2.39. The van der Waals surface area contributed by atoms with Gasteiger partial charge >= 0.3 is 12.0 Å². The van der Waals surface area contributed by atoms with Gasteiger partial charge < -0.3 is 19.7 Å². The molecule has 6 nitrogen and oxygen atoms in total. The zero-order chi connectivity index (χ0) is 15.5. The summed E-state index contributed by atoms with van der Waals surface area (Å²) in [5.74, 6) is 0.742. The first-order chi connectivity index (χ1) is 9.90. The second-order valence-electron chi connectivity index (χ2n) is 5.95. The van der Waals surface area contributed by atoms with Crippen molar-refractivity contribution in [2.75, 3.05) is 13.6 Å². The number of carboxylic acids is 1. The van der Waals surface area contributed by atoms with E-state index < -0.39 is 5.97 Å². The maximum absolute atomic E-state index is 12.1. The monoisotopic (exact) mass is 294 g/mol. The highest BCUT2D eigenvalue weighted by molar-refractivity contribution is 5.74. The molecule has 0 bridgehead atoms. The zero-order valence-corrected chi connectivity index (χ0v) is 12.5. The van der Waals surface area contributed by atoms with Gasteiger partial charge in [-0.2, -0.15) is 0 Å². The van der Waals surface area contributed by atoms with Crippen molar-refractivity contribution in [2.45, 2.75) is 39.2 Å². The van der Waals surface area contributed by atoms with Crippen LogP contribution in [0.1, 0.15) is 37.2 Å². The fourth-order valence-corrected chi connectivity index (χ4v) is 2.69. The molecular weight excluding hydrogens is 272 g/mol. The average Bonchev–Trinajstić information content (AvgIpc) is 2.77. The van der Waals surface area contributed by atoms with Crippen LogP contribution in [0.2, 0.25) is 0 Å². The molecule has 21 heavy (non-hydrogen) atoms. The molecule has 1 fully saturated rings. The van der Waals surface area contributed by atoms with Gasteiger partial charge in [0.2, 0.25) is 0 Å². The third-order valence-corrected chi connectivity index (χ3v) is 4.09. The molecular formula is C15H22N2O4. The molecule has 0 spiro atoms. The summed E-state index contributed by atoms with van der Waals surface area (Å²) >= 11 is 0. The van der Waals surface area contributed by atoms with Crippen LogP contribution >= 0.6 is 0 Å². The lowest BCUT2D eigenvalue weighted by Gasteiger charge is -2.41. The quantitative estimate of drug-likeness (QED) is 0.843. The molecule has 1 heterocycles. The van der Waals surface area contributed by atoms with Crippen LogP contribution in [0.4, 0.5) is 4.79 Å². The predicted octanol–water partition coefficient (Wildman–Crippen LogP) is 2.37. The molecule has 0 atom stereocenters. The Hall–Kier alpha value is -1.98. The summed E-state index contributed by atoms with van der Waals surface area (Å²) in [5, 5.41) is 11.8. The van der Waals surface area contributed by atoms with Gasteiger partial charge in [0.25, 0.3) is 0 Å². The molecule has 0 saturated heterocycles. The Morgan fingerprint density at radius 2 is 2.14 bits per heavy atom. The largest absolute Gasteiger partial charge is 0.481 e. The van der Waals surface area contributed by atoms with E-state index in [0.29, 0.717) is 13.1 Å². The highest BCUT2D eigenvalue weighted by atomic mass is 16.4. The minimum atomic E-state index is -0.802. The molecule has 6 heteroatoms. The minimum Gasteiger partial charge on any atom is -0.481 e. The molecule has 1 saturated carbocycles. The normalized spacial score (nSPS) is 16.1. The lowest BCUT2D eigenvalue weighted by Crippen LogP contribution is -2.46. The molecule has 0 unspecified atom stereocenters. The number of hydrogen-bond donors (Lipinski definition) is 2. The van der Waals surface area contributed by atoms with Crippen molar-refractivity contribution >= 4 is 12.0 Å². The van der Waals surface area contributed by atoms with Crippen molar-refractivity contribution in [1.29, 1.82) is 0 Å². The molecule has 0 radical (unpaired) electrons. The fourth-order valence-electron chi connectivity index (χ4n) is 2.69. The van der Waals surface area contributed by atoms with E-state index in [4.69, 9.17) is 9.52 Å². The smallest absolute Gasteiger partial charge is 0.317 e. The summed E-state index contributed by atoms with van der Waals surface area (Å²) < 4.78 is 5.44. The first-order valence-corrected chi connectivity index (χ1v) is 7.16. The Morgan fingerprint density at radius 1 is 1.43 bits per heavy atom. The minimum absolute atomic E-state index is 0.119. The number of carboxylic acid groups (broad SMARTS) is 1. The molecule has 116 valence electrons. The van der Waals surface area contributed by atoms with E-state index in [1.165, 1.54) is 4.90 Å². The molecule has 2 amide bonds. The van der Waals surface area contributed by atoms with Crippen LogP contribution in [0, 0.1) is 12.3 Å². The first kappa shape index (κ1) is 15.4. The number of carbonyl (C=O) groups is 2. The summed E-state index contributed by atoms with van der Waals surface area (Å²) in [6, 6.07) is 3.49. The van der Waals surface area contributed by atoms with Crippen LogP contribution in [-0.4, -0.2) is 35.6 Å². The molecule has 1 aliphatic rings.